The summed E-state index contributed by atoms with van der Waals surface area (Å²) >= 11 is 2.90. The van der Waals surface area contributed by atoms with Crippen molar-refractivity contribution in [2.24, 2.45) is 0 Å². The lowest BCUT2D eigenvalue weighted by Gasteiger charge is -2.22. The first-order valence-corrected chi connectivity index (χ1v) is 6.47. The summed E-state index contributed by atoms with van der Waals surface area (Å²) in [5.74, 6) is -4.25. The molecule has 0 bridgehead atoms. The van der Waals surface area contributed by atoms with E-state index in [1.165, 1.54) is 0 Å². The van der Waals surface area contributed by atoms with Crippen molar-refractivity contribution in [3.8, 4) is 0 Å². The highest BCUT2D eigenvalue weighted by Crippen LogP contribution is 2.19. The number of imide groups is 1. The van der Waals surface area contributed by atoms with E-state index >= 15 is 0 Å². The quantitative estimate of drug-likeness (QED) is 0.791. The minimum Gasteiger partial charge on any atom is -0.340 e. The molecule has 1 aromatic carbocycles. The van der Waals surface area contributed by atoms with Crippen LogP contribution < -0.4 is 10.6 Å². The van der Waals surface area contributed by atoms with Gasteiger partial charge in [-0.15, -0.1) is 0 Å². The summed E-state index contributed by atoms with van der Waals surface area (Å²) in [6, 6.07) is 0.910. The van der Waals surface area contributed by atoms with Gasteiger partial charge in [-0.25, -0.2) is 8.78 Å². The van der Waals surface area contributed by atoms with Crippen LogP contribution >= 0.6 is 15.9 Å². The maximum atomic E-state index is 13.6. The van der Waals surface area contributed by atoms with Crippen LogP contribution in [0.4, 0.5) is 8.78 Å². The number of hydrogen-bond acceptors (Lipinski definition) is 3. The fourth-order valence-corrected chi connectivity index (χ4v) is 2.22. The van der Waals surface area contributed by atoms with Crippen LogP contribution in [0.25, 0.3) is 0 Å². The van der Waals surface area contributed by atoms with Crippen LogP contribution in [0.1, 0.15) is 23.2 Å². The molecular weight excluding hydrogens is 338 g/mol. The highest BCUT2D eigenvalue weighted by Gasteiger charge is 2.29. The Hall–Kier alpha value is -1.83. The Labute approximate surface area is 120 Å². The molecule has 0 saturated carbocycles. The van der Waals surface area contributed by atoms with E-state index in [2.05, 4.69) is 21.2 Å². The van der Waals surface area contributed by atoms with Gasteiger partial charge in [-0.3, -0.25) is 19.7 Å². The number of hydrogen-bond donors (Lipinski definition) is 2. The van der Waals surface area contributed by atoms with Crippen LogP contribution in [-0.4, -0.2) is 23.8 Å². The zero-order valence-electron chi connectivity index (χ0n) is 10.0. The van der Waals surface area contributed by atoms with Gasteiger partial charge in [0, 0.05) is 10.9 Å². The van der Waals surface area contributed by atoms with Gasteiger partial charge >= 0.3 is 0 Å². The molecule has 0 radical (unpaired) electrons. The van der Waals surface area contributed by atoms with Crippen LogP contribution in [-0.2, 0) is 9.59 Å². The summed E-state index contributed by atoms with van der Waals surface area (Å²) in [5, 5.41) is 4.25. The van der Waals surface area contributed by atoms with Crippen molar-refractivity contribution < 1.29 is 23.2 Å². The molecule has 0 spiro atoms. The SMILES string of the molecule is O=C1CCC(NC(=O)c2c(F)cc(Br)cc2F)C(=O)N1. The molecule has 1 fully saturated rings. The lowest BCUT2D eigenvalue weighted by atomic mass is 10.1. The van der Waals surface area contributed by atoms with Crippen LogP contribution in [0.5, 0.6) is 0 Å². The van der Waals surface area contributed by atoms with Gasteiger partial charge in [0.05, 0.1) is 0 Å². The molecule has 20 heavy (non-hydrogen) atoms. The van der Waals surface area contributed by atoms with Crippen LogP contribution in [0.3, 0.4) is 0 Å². The van der Waals surface area contributed by atoms with Crippen LogP contribution in [0.2, 0.25) is 0 Å². The molecule has 1 aliphatic heterocycles. The van der Waals surface area contributed by atoms with E-state index in [-0.39, 0.29) is 17.3 Å². The standard InChI is InChI=1S/C12H9BrF2N2O3/c13-5-3-6(14)10(7(15)4-5)12(20)16-8-1-2-9(18)17-11(8)19/h3-4,8H,1-2H2,(H,16,20)(H,17,18,19). The predicted octanol–water partition coefficient (Wildman–Crippen LogP) is 1.26. The number of amides is 3. The molecule has 1 atom stereocenters. The van der Waals surface area contributed by atoms with Crippen LogP contribution in [0.15, 0.2) is 16.6 Å². The third-order valence-electron chi connectivity index (χ3n) is 2.78. The zero-order valence-corrected chi connectivity index (χ0v) is 11.6. The summed E-state index contributed by atoms with van der Waals surface area (Å²) < 4.78 is 27.3. The molecule has 1 heterocycles. The number of piperidine rings is 1. The van der Waals surface area contributed by atoms with Crippen molar-refractivity contribution in [1.82, 2.24) is 10.6 Å². The van der Waals surface area contributed by atoms with E-state index in [1.54, 1.807) is 0 Å². The molecule has 0 aliphatic carbocycles. The van der Waals surface area contributed by atoms with Crippen molar-refractivity contribution in [1.29, 1.82) is 0 Å². The van der Waals surface area contributed by atoms with E-state index in [1.807, 2.05) is 5.32 Å². The summed E-state index contributed by atoms with van der Waals surface area (Å²) in [6.45, 7) is 0. The van der Waals surface area contributed by atoms with Crippen molar-refractivity contribution in [2.45, 2.75) is 18.9 Å². The third-order valence-corrected chi connectivity index (χ3v) is 3.24. The number of carbonyl (C=O) groups is 3. The lowest BCUT2D eigenvalue weighted by molar-refractivity contribution is -0.134. The van der Waals surface area contributed by atoms with Crippen molar-refractivity contribution in [3.63, 3.8) is 0 Å². The monoisotopic (exact) mass is 346 g/mol. The van der Waals surface area contributed by atoms with E-state index in [0.717, 1.165) is 12.1 Å². The fourth-order valence-electron chi connectivity index (χ4n) is 1.82. The number of nitrogens with one attached hydrogen (secondary N) is 2. The summed E-state index contributed by atoms with van der Waals surface area (Å²) in [6.07, 6.45) is 0.151. The van der Waals surface area contributed by atoms with Gasteiger partial charge in [-0.1, -0.05) is 15.9 Å². The van der Waals surface area contributed by atoms with E-state index in [0.29, 0.717) is 0 Å². The van der Waals surface area contributed by atoms with Crippen molar-refractivity contribution in [2.75, 3.05) is 0 Å². The average molecular weight is 347 g/mol. The Kier molecular flexibility index (Phi) is 4.12. The molecule has 1 unspecified atom stereocenters. The summed E-state index contributed by atoms with van der Waals surface area (Å²) in [4.78, 5) is 34.2. The fraction of sp³-hybridized carbons (Fsp3) is 0.250. The first-order valence-electron chi connectivity index (χ1n) is 5.67. The lowest BCUT2D eigenvalue weighted by Crippen LogP contribution is -2.52. The van der Waals surface area contributed by atoms with Crippen LogP contribution in [0, 0.1) is 11.6 Å². The van der Waals surface area contributed by atoms with Gasteiger partial charge in [-0.2, -0.15) is 0 Å². The second kappa shape index (κ2) is 5.66. The van der Waals surface area contributed by atoms with Gasteiger partial charge < -0.3 is 5.32 Å². The zero-order chi connectivity index (χ0) is 14.9. The first-order chi connectivity index (χ1) is 9.38. The van der Waals surface area contributed by atoms with Gasteiger partial charge in [0.15, 0.2) is 0 Å². The maximum Gasteiger partial charge on any atom is 0.257 e. The first kappa shape index (κ1) is 14.6. The van der Waals surface area contributed by atoms with E-state index in [4.69, 9.17) is 0 Å². The number of halogens is 3. The Morgan fingerprint density at radius 3 is 2.45 bits per heavy atom. The molecular formula is C12H9BrF2N2O3. The smallest absolute Gasteiger partial charge is 0.257 e. The molecule has 1 aliphatic rings. The van der Waals surface area contributed by atoms with E-state index < -0.39 is 41.0 Å². The number of benzene rings is 1. The minimum atomic E-state index is -1.04. The molecule has 2 N–H and O–H groups in total. The Morgan fingerprint density at radius 2 is 1.90 bits per heavy atom. The summed E-state index contributed by atoms with van der Waals surface area (Å²) in [5.41, 5.74) is -0.766. The number of rotatable bonds is 2. The molecule has 1 saturated heterocycles. The Balaban J connectivity index is 2.17. The predicted molar refractivity (Wildman–Crippen MR) is 67.7 cm³/mol. The van der Waals surface area contributed by atoms with Crippen molar-refractivity contribution in [3.05, 3.63) is 33.8 Å². The molecule has 3 amide bonds. The molecule has 106 valence electrons. The van der Waals surface area contributed by atoms with Gasteiger partial charge in [0.1, 0.15) is 23.2 Å². The molecule has 2 rings (SSSR count). The third kappa shape index (κ3) is 3.01. The number of carbonyl (C=O) groups excluding carboxylic acids is 3. The molecule has 1 aromatic rings. The molecule has 5 nitrogen and oxygen atoms in total. The van der Waals surface area contributed by atoms with Gasteiger partial charge in [-0.05, 0) is 18.6 Å². The Morgan fingerprint density at radius 1 is 1.30 bits per heavy atom. The topological polar surface area (TPSA) is 75.3 Å². The average Bonchev–Trinajstić information content (AvgIpc) is 2.31. The maximum absolute atomic E-state index is 13.6. The normalized spacial score (nSPS) is 18.6. The van der Waals surface area contributed by atoms with Gasteiger partial charge in [0.2, 0.25) is 11.8 Å². The minimum absolute atomic E-state index is 0.0575. The highest BCUT2D eigenvalue weighted by molar-refractivity contribution is 9.10. The molecule has 8 heteroatoms. The Bertz CT molecular complexity index is 583. The second-order valence-corrected chi connectivity index (χ2v) is 5.14. The second-order valence-electron chi connectivity index (χ2n) is 4.22. The van der Waals surface area contributed by atoms with Gasteiger partial charge in [0.25, 0.3) is 5.91 Å². The van der Waals surface area contributed by atoms with E-state index in [9.17, 15) is 23.2 Å². The van der Waals surface area contributed by atoms with Crippen molar-refractivity contribution >= 4 is 33.7 Å². The summed E-state index contributed by atoms with van der Waals surface area (Å²) in [7, 11) is 0. The largest absolute Gasteiger partial charge is 0.340 e. The molecule has 0 aromatic heterocycles. The highest BCUT2D eigenvalue weighted by atomic mass is 79.9.